The summed E-state index contributed by atoms with van der Waals surface area (Å²) in [5.41, 5.74) is 2.91. The van der Waals surface area contributed by atoms with Gasteiger partial charge in [-0.05, 0) is 86.4 Å². The van der Waals surface area contributed by atoms with Crippen LogP contribution in [0.1, 0.15) is 38.7 Å². The number of carbonyl (C=O) groups is 3. The Balaban J connectivity index is 1.28. The number of esters is 1. The van der Waals surface area contributed by atoms with E-state index in [2.05, 4.69) is 10.4 Å². The van der Waals surface area contributed by atoms with E-state index in [1.807, 2.05) is 30.3 Å². The minimum Gasteiger partial charge on any atom is -0.425 e. The molecule has 0 aromatic heterocycles. The van der Waals surface area contributed by atoms with E-state index in [1.54, 1.807) is 37.3 Å². The Bertz CT molecular complexity index is 1670. The molecule has 0 radical (unpaired) electrons. The third kappa shape index (κ3) is 6.17. The lowest BCUT2D eigenvalue weighted by atomic mass is 10.1. The first-order valence-electron chi connectivity index (χ1n) is 13.5. The molecule has 1 fully saturated rings. The van der Waals surface area contributed by atoms with Gasteiger partial charge >= 0.3 is 5.97 Å². The van der Waals surface area contributed by atoms with Crippen molar-refractivity contribution >= 4 is 51.0 Å². The van der Waals surface area contributed by atoms with Gasteiger partial charge in [-0.15, -0.1) is 0 Å². The fourth-order valence-corrected chi connectivity index (χ4v) is 6.54. The molecule has 0 spiro atoms. The summed E-state index contributed by atoms with van der Waals surface area (Å²) in [5.74, 6) is -0.900. The molecule has 10 nitrogen and oxygen atoms in total. The molecule has 2 heterocycles. The maximum Gasteiger partial charge on any atom is 0.329 e. The number of para-hydroxylation sites is 1. The third-order valence-electron chi connectivity index (χ3n) is 6.98. The Labute approximate surface area is 244 Å². The third-order valence-corrected chi connectivity index (χ3v) is 8.90. The summed E-state index contributed by atoms with van der Waals surface area (Å²) in [6.07, 6.45) is 3.38. The molecule has 42 heavy (non-hydrogen) atoms. The van der Waals surface area contributed by atoms with Crippen molar-refractivity contribution in [3.63, 3.8) is 0 Å². The van der Waals surface area contributed by atoms with E-state index in [1.165, 1.54) is 40.5 Å². The molecule has 0 bridgehead atoms. The number of sulfonamides is 1. The Kier molecular flexibility index (Phi) is 8.32. The molecule has 1 saturated heterocycles. The van der Waals surface area contributed by atoms with Crippen molar-refractivity contribution in [2.75, 3.05) is 16.9 Å². The zero-order valence-corrected chi connectivity index (χ0v) is 24.0. The van der Waals surface area contributed by atoms with Gasteiger partial charge in [-0.1, -0.05) is 30.3 Å². The van der Waals surface area contributed by atoms with Gasteiger partial charge in [0.1, 0.15) is 11.8 Å². The molecule has 1 atom stereocenters. The number of hydrogen-bond donors (Lipinski definition) is 1. The summed E-state index contributed by atoms with van der Waals surface area (Å²) in [4.78, 5) is 37.5. The first kappa shape index (κ1) is 28.9. The molecule has 2 amide bonds. The number of piperidine rings is 1. The number of benzene rings is 3. The largest absolute Gasteiger partial charge is 0.425 e. The quantitative estimate of drug-likeness (QED) is 0.245. The van der Waals surface area contributed by atoms with E-state index in [0.717, 1.165) is 0 Å². The molecule has 2 aliphatic heterocycles. The van der Waals surface area contributed by atoms with Crippen molar-refractivity contribution in [3.8, 4) is 5.75 Å². The van der Waals surface area contributed by atoms with Crippen molar-refractivity contribution in [3.05, 3.63) is 90.0 Å². The summed E-state index contributed by atoms with van der Waals surface area (Å²) >= 11 is 0. The molecule has 2 aliphatic rings. The number of rotatable bonds is 7. The maximum atomic E-state index is 13.4. The first-order valence-corrected chi connectivity index (χ1v) is 15.0. The van der Waals surface area contributed by atoms with Gasteiger partial charge < -0.3 is 10.1 Å². The first-order chi connectivity index (χ1) is 20.1. The smallest absolute Gasteiger partial charge is 0.329 e. The molecule has 1 N–H and O–H groups in total. The average Bonchev–Trinajstić information content (AvgIpc) is 3.27. The summed E-state index contributed by atoms with van der Waals surface area (Å²) in [6, 6.07) is 20.7. The normalized spacial score (nSPS) is 18.6. The lowest BCUT2D eigenvalue weighted by Crippen LogP contribution is -2.49. The van der Waals surface area contributed by atoms with Gasteiger partial charge in [-0.2, -0.15) is 14.4 Å². The van der Waals surface area contributed by atoms with E-state index in [4.69, 9.17) is 4.74 Å². The van der Waals surface area contributed by atoms with Gasteiger partial charge in [0.2, 0.25) is 15.9 Å². The highest BCUT2D eigenvalue weighted by Crippen LogP contribution is 2.29. The Morgan fingerprint density at radius 1 is 0.976 bits per heavy atom. The molecular weight excluding hydrogens is 556 g/mol. The number of amides is 2. The van der Waals surface area contributed by atoms with Crippen LogP contribution >= 0.6 is 0 Å². The predicted molar refractivity (Wildman–Crippen MR) is 159 cm³/mol. The number of ether oxygens (including phenoxy) is 1. The number of carbonyl (C=O) groups excluding carboxylic acids is 3. The van der Waals surface area contributed by atoms with Gasteiger partial charge in [0.15, 0.2) is 0 Å². The Hall–Kier alpha value is -4.61. The topological polar surface area (TPSA) is 125 Å². The number of hydrazone groups is 1. The van der Waals surface area contributed by atoms with Crippen LogP contribution in [0.3, 0.4) is 0 Å². The summed E-state index contributed by atoms with van der Waals surface area (Å²) in [7, 11) is -3.98. The molecule has 216 valence electrons. The van der Waals surface area contributed by atoms with E-state index in [9.17, 15) is 22.8 Å². The van der Waals surface area contributed by atoms with Crippen molar-refractivity contribution < 1.29 is 27.5 Å². The lowest BCUT2D eigenvalue weighted by Gasteiger charge is -2.33. The fourth-order valence-electron chi connectivity index (χ4n) is 4.89. The molecule has 5 rings (SSSR count). The van der Waals surface area contributed by atoms with Crippen LogP contribution in [0.25, 0.3) is 6.08 Å². The molecule has 3 aromatic carbocycles. The lowest BCUT2D eigenvalue weighted by molar-refractivity contribution is -0.139. The average molecular weight is 587 g/mol. The van der Waals surface area contributed by atoms with Crippen molar-refractivity contribution in [2.45, 2.75) is 44.0 Å². The Morgan fingerprint density at radius 3 is 2.33 bits per heavy atom. The Morgan fingerprint density at radius 2 is 1.67 bits per heavy atom. The van der Waals surface area contributed by atoms with Crippen LogP contribution in [0.4, 0.5) is 11.4 Å². The molecule has 1 unspecified atom stereocenters. The van der Waals surface area contributed by atoms with Crippen LogP contribution in [0, 0.1) is 0 Å². The highest BCUT2D eigenvalue weighted by Gasteiger charge is 2.39. The van der Waals surface area contributed by atoms with E-state index < -0.39 is 22.0 Å². The van der Waals surface area contributed by atoms with Gasteiger partial charge in [-0.25, -0.2) is 13.2 Å². The van der Waals surface area contributed by atoms with Crippen molar-refractivity contribution in [1.82, 2.24) is 4.31 Å². The summed E-state index contributed by atoms with van der Waals surface area (Å²) in [6.45, 7) is 3.33. The second kappa shape index (κ2) is 12.1. The molecule has 11 heteroatoms. The van der Waals surface area contributed by atoms with E-state index in [0.29, 0.717) is 47.5 Å². The van der Waals surface area contributed by atoms with Crippen LogP contribution in [0.5, 0.6) is 5.75 Å². The van der Waals surface area contributed by atoms with E-state index >= 15 is 0 Å². The highest BCUT2D eigenvalue weighted by atomic mass is 32.2. The van der Waals surface area contributed by atoms with Crippen molar-refractivity contribution in [1.29, 1.82) is 0 Å². The van der Waals surface area contributed by atoms with Crippen LogP contribution in [0.2, 0.25) is 0 Å². The minimum absolute atomic E-state index is 0.0276. The van der Waals surface area contributed by atoms with Gasteiger partial charge in [-0.3, -0.25) is 9.59 Å². The summed E-state index contributed by atoms with van der Waals surface area (Å²) < 4.78 is 33.7. The van der Waals surface area contributed by atoms with E-state index in [-0.39, 0.29) is 29.0 Å². The zero-order valence-electron chi connectivity index (χ0n) is 23.2. The maximum absolute atomic E-state index is 13.4. The van der Waals surface area contributed by atoms with Crippen LogP contribution < -0.4 is 15.1 Å². The zero-order chi connectivity index (χ0) is 29.9. The van der Waals surface area contributed by atoms with Gasteiger partial charge in [0.05, 0.1) is 21.9 Å². The van der Waals surface area contributed by atoms with Crippen molar-refractivity contribution in [2.24, 2.45) is 5.10 Å². The number of nitrogens with one attached hydrogen (secondary N) is 1. The van der Waals surface area contributed by atoms with Gasteiger partial charge in [0.25, 0.3) is 5.91 Å². The fraction of sp³-hybridized carbons (Fsp3) is 0.226. The number of nitrogens with zero attached hydrogens (tertiary/aromatic N) is 3. The predicted octanol–water partition coefficient (Wildman–Crippen LogP) is 4.60. The van der Waals surface area contributed by atoms with Crippen LogP contribution in [0.15, 0.2) is 94.4 Å². The SMILES string of the molecule is CC(=O)Nc1ccc(S(=O)(=O)N2CCCCC2C(=O)Oc2ccc(C=C3C(=O)N(c4ccccc4)N=C3C)cc2)cc1. The standard InChI is InChI=1S/C31H30N4O6S/c1-21-28(30(37)35(33-21)25-8-4-3-5-9-25)20-23-11-15-26(16-12-23)41-31(38)29-10-6-7-19-34(29)42(39,40)27-17-13-24(14-18-27)32-22(2)36/h3-5,8-9,11-18,20,29H,6-7,10,19H2,1-2H3,(H,32,36). The summed E-state index contributed by atoms with van der Waals surface area (Å²) in [5, 5.41) is 8.35. The number of anilines is 2. The van der Waals surface area contributed by atoms with Crippen LogP contribution in [-0.4, -0.2) is 48.8 Å². The monoisotopic (exact) mass is 586 g/mol. The number of hydrogen-bond acceptors (Lipinski definition) is 7. The molecule has 0 aliphatic carbocycles. The molecule has 0 saturated carbocycles. The second-order valence-electron chi connectivity index (χ2n) is 10.0. The second-order valence-corrected chi connectivity index (χ2v) is 11.9. The molecule has 3 aromatic rings. The van der Waals surface area contributed by atoms with Gasteiger partial charge in [0, 0.05) is 19.2 Å². The molecular formula is C31H30N4O6S. The highest BCUT2D eigenvalue weighted by molar-refractivity contribution is 7.89. The minimum atomic E-state index is -3.98. The van der Waals surface area contributed by atoms with Crippen LogP contribution in [-0.2, 0) is 24.4 Å².